The van der Waals surface area contributed by atoms with E-state index in [1.165, 1.54) is 34.9 Å². The number of hydrogen-bond donors (Lipinski definition) is 2. The van der Waals surface area contributed by atoms with Crippen LogP contribution in [0.4, 0.5) is 4.39 Å². The van der Waals surface area contributed by atoms with Gasteiger partial charge < -0.3 is 15.1 Å². The molecule has 1 aromatic carbocycles. The van der Waals surface area contributed by atoms with Crippen molar-refractivity contribution in [3.8, 4) is 0 Å². The second-order valence-corrected chi connectivity index (χ2v) is 7.86. The van der Waals surface area contributed by atoms with Crippen LogP contribution in [0, 0.1) is 11.7 Å². The van der Waals surface area contributed by atoms with Crippen molar-refractivity contribution < 1.29 is 24.2 Å². The summed E-state index contributed by atoms with van der Waals surface area (Å²) in [5, 5.41) is 19.3. The largest absolute Gasteiger partial charge is 0.480 e. The number of fused-ring (bicyclic) bond motifs is 1. The minimum Gasteiger partial charge on any atom is -0.480 e. The van der Waals surface area contributed by atoms with Gasteiger partial charge in [0.1, 0.15) is 11.9 Å². The average Bonchev–Trinajstić information content (AvgIpc) is 2.67. The molecular weight excluding hydrogens is 309 g/mol. The predicted octanol–water partition coefficient (Wildman–Crippen LogP) is 1.62. The van der Waals surface area contributed by atoms with Gasteiger partial charge in [0.05, 0.1) is 17.4 Å². The SMILES string of the molecule is CC1(C)S[C@@H]2[C@H](C(O)c3ccccc3F)C(=O)N2[C@H]1C(=O)O. The molecule has 2 aliphatic heterocycles. The van der Waals surface area contributed by atoms with E-state index < -0.39 is 45.9 Å². The van der Waals surface area contributed by atoms with Gasteiger partial charge in [0.15, 0.2) is 0 Å². The van der Waals surface area contributed by atoms with Crippen LogP contribution in [0.25, 0.3) is 0 Å². The highest BCUT2D eigenvalue weighted by atomic mass is 32.2. The molecule has 2 saturated heterocycles. The summed E-state index contributed by atoms with van der Waals surface area (Å²) in [5.41, 5.74) is 0.0673. The molecule has 7 heteroatoms. The van der Waals surface area contributed by atoms with Crippen LogP contribution >= 0.6 is 11.8 Å². The van der Waals surface area contributed by atoms with E-state index in [0.29, 0.717) is 0 Å². The molecule has 1 unspecified atom stereocenters. The first-order valence-corrected chi connectivity index (χ1v) is 7.79. The zero-order valence-corrected chi connectivity index (χ0v) is 12.9. The van der Waals surface area contributed by atoms with Crippen molar-refractivity contribution >= 4 is 23.6 Å². The topological polar surface area (TPSA) is 77.8 Å². The highest BCUT2D eigenvalue weighted by Crippen LogP contribution is 2.56. The molecule has 118 valence electrons. The Balaban J connectivity index is 1.89. The average molecular weight is 325 g/mol. The van der Waals surface area contributed by atoms with Gasteiger partial charge in [-0.1, -0.05) is 18.2 Å². The molecule has 0 aromatic heterocycles. The molecule has 4 atom stereocenters. The van der Waals surface area contributed by atoms with E-state index in [0.717, 1.165) is 0 Å². The molecule has 1 aromatic rings. The molecule has 1 amide bonds. The van der Waals surface area contributed by atoms with E-state index in [1.807, 2.05) is 0 Å². The summed E-state index contributed by atoms with van der Waals surface area (Å²) in [6, 6.07) is 4.84. The summed E-state index contributed by atoms with van der Waals surface area (Å²) in [7, 11) is 0. The molecule has 22 heavy (non-hydrogen) atoms. The van der Waals surface area contributed by atoms with Gasteiger partial charge in [0, 0.05) is 10.3 Å². The minimum absolute atomic E-state index is 0.0673. The number of nitrogens with zero attached hydrogens (tertiary/aromatic N) is 1. The Hall–Kier alpha value is -1.60. The number of rotatable bonds is 3. The summed E-state index contributed by atoms with van der Waals surface area (Å²) in [6.07, 6.45) is -1.27. The number of carboxylic acid groups (broad SMARTS) is 1. The number of thioether (sulfide) groups is 1. The van der Waals surface area contributed by atoms with Gasteiger partial charge in [-0.25, -0.2) is 9.18 Å². The quantitative estimate of drug-likeness (QED) is 0.826. The first-order chi connectivity index (χ1) is 10.3. The summed E-state index contributed by atoms with van der Waals surface area (Å²) < 4.78 is 13.1. The molecule has 3 rings (SSSR count). The molecule has 2 aliphatic rings. The molecule has 2 N–H and O–H groups in total. The summed E-state index contributed by atoms with van der Waals surface area (Å²) >= 11 is 1.34. The number of aliphatic hydroxyl groups excluding tert-OH is 1. The molecule has 2 heterocycles. The third-order valence-corrected chi connectivity index (χ3v) is 5.87. The zero-order chi connectivity index (χ0) is 16.2. The van der Waals surface area contributed by atoms with Crippen LogP contribution < -0.4 is 0 Å². The number of β-lactam (4-membered cyclic amide) rings is 1. The van der Waals surface area contributed by atoms with Crippen molar-refractivity contribution in [3.05, 3.63) is 35.6 Å². The van der Waals surface area contributed by atoms with Crippen LogP contribution in [0.1, 0.15) is 25.5 Å². The summed E-state index contributed by atoms with van der Waals surface area (Å²) in [4.78, 5) is 25.1. The number of amides is 1. The van der Waals surface area contributed by atoms with E-state index in [4.69, 9.17) is 0 Å². The first kappa shape index (κ1) is 15.3. The Bertz CT molecular complexity index is 650. The first-order valence-electron chi connectivity index (χ1n) is 6.91. The highest BCUT2D eigenvalue weighted by Gasteiger charge is 2.65. The lowest BCUT2D eigenvalue weighted by atomic mass is 9.85. The molecule has 5 nitrogen and oxygen atoms in total. The van der Waals surface area contributed by atoms with Gasteiger partial charge in [0.25, 0.3) is 0 Å². The number of carboxylic acids is 1. The normalized spacial score (nSPS) is 30.6. The van der Waals surface area contributed by atoms with E-state index in [2.05, 4.69) is 0 Å². The minimum atomic E-state index is -1.27. The lowest BCUT2D eigenvalue weighted by Crippen LogP contribution is -2.64. The molecule has 0 radical (unpaired) electrons. The third kappa shape index (κ3) is 2.03. The van der Waals surface area contributed by atoms with Crippen molar-refractivity contribution in [2.75, 3.05) is 0 Å². The van der Waals surface area contributed by atoms with Crippen molar-refractivity contribution in [2.45, 2.75) is 36.1 Å². The molecule has 0 bridgehead atoms. The Labute approximate surface area is 131 Å². The van der Waals surface area contributed by atoms with Crippen molar-refractivity contribution in [1.82, 2.24) is 4.90 Å². The number of carbonyl (C=O) groups is 2. The lowest BCUT2D eigenvalue weighted by molar-refractivity contribution is -0.169. The highest BCUT2D eigenvalue weighted by molar-refractivity contribution is 8.01. The van der Waals surface area contributed by atoms with Crippen LogP contribution in [0.3, 0.4) is 0 Å². The van der Waals surface area contributed by atoms with Crippen LogP contribution in [0.15, 0.2) is 24.3 Å². The van der Waals surface area contributed by atoms with E-state index >= 15 is 0 Å². The fourth-order valence-electron chi connectivity index (χ4n) is 3.24. The smallest absolute Gasteiger partial charge is 0.327 e. The van der Waals surface area contributed by atoms with Gasteiger partial charge in [-0.05, 0) is 19.9 Å². The molecule has 2 fully saturated rings. The number of benzene rings is 1. The lowest BCUT2D eigenvalue weighted by Gasteiger charge is -2.45. The van der Waals surface area contributed by atoms with Crippen LogP contribution in [0.2, 0.25) is 0 Å². The summed E-state index contributed by atoms with van der Waals surface area (Å²) in [5.74, 6) is -2.89. The number of aliphatic hydroxyl groups is 1. The maximum atomic E-state index is 13.8. The fraction of sp³-hybridized carbons (Fsp3) is 0.467. The van der Waals surface area contributed by atoms with Gasteiger partial charge in [-0.2, -0.15) is 0 Å². The standard InChI is InChI=1S/C15H16FNO4S/c1-15(2)11(14(20)21)17-12(19)9(13(17)22-15)10(18)7-5-3-4-6-8(7)16/h3-6,9-11,13,18H,1-2H3,(H,20,21)/t9-,10?,11+,13-/m1/s1. The monoisotopic (exact) mass is 325 g/mol. The van der Waals surface area contributed by atoms with Crippen LogP contribution in [-0.4, -0.2) is 43.2 Å². The second kappa shape index (κ2) is 4.96. The van der Waals surface area contributed by atoms with E-state index in [1.54, 1.807) is 19.9 Å². The van der Waals surface area contributed by atoms with Gasteiger partial charge >= 0.3 is 5.97 Å². The number of halogens is 1. The van der Waals surface area contributed by atoms with Gasteiger partial charge in [0.2, 0.25) is 5.91 Å². The van der Waals surface area contributed by atoms with Crippen molar-refractivity contribution in [1.29, 1.82) is 0 Å². The Morgan fingerprint density at radius 2 is 2.05 bits per heavy atom. The number of hydrogen-bond acceptors (Lipinski definition) is 4. The Kier molecular flexibility index (Phi) is 3.45. The maximum absolute atomic E-state index is 13.8. The van der Waals surface area contributed by atoms with E-state index in [9.17, 15) is 24.2 Å². The second-order valence-electron chi connectivity index (χ2n) is 6.09. The third-order valence-electron chi connectivity index (χ3n) is 4.28. The number of carbonyl (C=O) groups excluding carboxylic acids is 1. The maximum Gasteiger partial charge on any atom is 0.327 e. The Morgan fingerprint density at radius 3 is 2.64 bits per heavy atom. The molecule has 0 spiro atoms. The summed E-state index contributed by atoms with van der Waals surface area (Å²) in [6.45, 7) is 3.52. The zero-order valence-electron chi connectivity index (χ0n) is 12.1. The van der Waals surface area contributed by atoms with Crippen molar-refractivity contribution in [2.24, 2.45) is 5.92 Å². The Morgan fingerprint density at radius 1 is 1.41 bits per heavy atom. The van der Waals surface area contributed by atoms with Crippen LogP contribution in [-0.2, 0) is 9.59 Å². The van der Waals surface area contributed by atoms with Crippen molar-refractivity contribution in [3.63, 3.8) is 0 Å². The fourth-order valence-corrected chi connectivity index (χ4v) is 4.96. The van der Waals surface area contributed by atoms with Crippen LogP contribution in [0.5, 0.6) is 0 Å². The number of aliphatic carboxylic acids is 1. The molecule has 0 aliphatic carbocycles. The van der Waals surface area contributed by atoms with E-state index in [-0.39, 0.29) is 5.56 Å². The van der Waals surface area contributed by atoms with Gasteiger partial charge in [-0.15, -0.1) is 11.8 Å². The predicted molar refractivity (Wildman–Crippen MR) is 78.6 cm³/mol. The molecular formula is C15H16FNO4S. The molecule has 0 saturated carbocycles. The van der Waals surface area contributed by atoms with Gasteiger partial charge in [-0.3, -0.25) is 4.79 Å².